The smallest absolute Gasteiger partial charge is 0.440 e. The maximum absolute atomic E-state index is 13.0. The summed E-state index contributed by atoms with van der Waals surface area (Å²) in [6.45, 7) is 6.30. The van der Waals surface area contributed by atoms with Gasteiger partial charge in [0.2, 0.25) is 0 Å². The zero-order valence-electron chi connectivity index (χ0n) is 21.3. The molecule has 1 fully saturated rings. The van der Waals surface area contributed by atoms with Crippen molar-refractivity contribution in [1.29, 1.82) is 0 Å². The van der Waals surface area contributed by atoms with Gasteiger partial charge in [0, 0.05) is 12.1 Å². The minimum absolute atomic E-state index is 0.0355. The number of amides is 1. The van der Waals surface area contributed by atoms with Crippen molar-refractivity contribution < 1.29 is 18.8 Å². The van der Waals surface area contributed by atoms with E-state index in [1.54, 1.807) is 0 Å². The highest BCUT2D eigenvalue weighted by Crippen LogP contribution is 2.27. The number of nitrogens with zero attached hydrogens (tertiary/aromatic N) is 2. The lowest BCUT2D eigenvalue weighted by Crippen LogP contribution is -2.47. The van der Waals surface area contributed by atoms with Gasteiger partial charge in [-0.25, -0.2) is 14.6 Å². The van der Waals surface area contributed by atoms with Gasteiger partial charge in [0.25, 0.3) is 5.91 Å². The minimum atomic E-state index is -0.778. The second-order valence-electron chi connectivity index (χ2n) is 9.43. The Bertz CT molecular complexity index is 1550. The molecule has 1 aliphatic heterocycles. The lowest BCUT2D eigenvalue weighted by molar-refractivity contribution is 0.00359. The summed E-state index contributed by atoms with van der Waals surface area (Å²) in [4.78, 5) is 39.7. The molecule has 196 valence electrons. The van der Waals surface area contributed by atoms with E-state index in [1.807, 2.05) is 79.4 Å². The van der Waals surface area contributed by atoms with Gasteiger partial charge < -0.3 is 18.9 Å². The van der Waals surface area contributed by atoms with Gasteiger partial charge in [-0.15, -0.1) is 4.74 Å². The third-order valence-electron chi connectivity index (χ3n) is 6.62. The Morgan fingerprint density at radius 1 is 1.05 bits per heavy atom. The van der Waals surface area contributed by atoms with Crippen molar-refractivity contribution in [3.05, 3.63) is 110 Å². The zero-order valence-corrected chi connectivity index (χ0v) is 21.3. The molecule has 3 aromatic carbocycles. The molecule has 1 atom stereocenters. The topological polar surface area (TPSA) is 107 Å². The van der Waals surface area contributed by atoms with Crippen LogP contribution in [0.5, 0.6) is 5.75 Å². The molecular formula is C29H29N3O6. The van der Waals surface area contributed by atoms with E-state index in [2.05, 4.69) is 11.1 Å². The van der Waals surface area contributed by atoms with Crippen LogP contribution in [0.15, 0.2) is 80.8 Å². The van der Waals surface area contributed by atoms with Crippen LogP contribution in [0.3, 0.4) is 0 Å². The maximum Gasteiger partial charge on any atom is 0.440 e. The van der Waals surface area contributed by atoms with Crippen LogP contribution in [0.2, 0.25) is 0 Å². The molecular weight excluding hydrogens is 486 g/mol. The molecule has 9 nitrogen and oxygen atoms in total. The van der Waals surface area contributed by atoms with Gasteiger partial charge in [-0.1, -0.05) is 36.4 Å². The SMILES string of the molecule is Cc1cc(C(=O)N2CCOC[C@@H]2C)ccc1-c1cccc(COc2ccc(Cn3oc(=O)[nH]c3=O)cc2)c1. The largest absolute Gasteiger partial charge is 0.489 e. The molecule has 0 unspecified atom stereocenters. The Kier molecular flexibility index (Phi) is 7.28. The number of morpholine rings is 1. The predicted molar refractivity (Wildman–Crippen MR) is 141 cm³/mol. The highest BCUT2D eigenvalue weighted by molar-refractivity contribution is 5.95. The number of aromatic nitrogens is 2. The Hall–Kier alpha value is -4.37. The molecule has 0 bridgehead atoms. The average Bonchev–Trinajstić information content (AvgIpc) is 3.24. The van der Waals surface area contributed by atoms with Crippen molar-refractivity contribution in [3.8, 4) is 16.9 Å². The lowest BCUT2D eigenvalue weighted by atomic mass is 9.96. The van der Waals surface area contributed by atoms with Gasteiger partial charge >= 0.3 is 11.4 Å². The minimum Gasteiger partial charge on any atom is -0.489 e. The fraction of sp³-hybridized carbons (Fsp3) is 0.276. The van der Waals surface area contributed by atoms with Crippen LogP contribution in [0, 0.1) is 6.92 Å². The summed E-state index contributed by atoms with van der Waals surface area (Å²) in [5.74, 6) is -0.0637. The summed E-state index contributed by atoms with van der Waals surface area (Å²) in [5.41, 5.74) is 5.05. The van der Waals surface area contributed by atoms with Crippen molar-refractivity contribution in [1.82, 2.24) is 14.6 Å². The fourth-order valence-electron chi connectivity index (χ4n) is 4.59. The molecule has 1 saturated heterocycles. The van der Waals surface area contributed by atoms with Gasteiger partial charge in [0.15, 0.2) is 0 Å². The molecule has 38 heavy (non-hydrogen) atoms. The van der Waals surface area contributed by atoms with Crippen LogP contribution < -0.4 is 16.2 Å². The van der Waals surface area contributed by atoms with E-state index in [0.717, 1.165) is 32.6 Å². The predicted octanol–water partition coefficient (Wildman–Crippen LogP) is 3.59. The second-order valence-corrected chi connectivity index (χ2v) is 9.43. The number of hydrogen-bond acceptors (Lipinski definition) is 6. The number of carbonyl (C=O) groups excluding carboxylic acids is 1. The summed E-state index contributed by atoms with van der Waals surface area (Å²) in [6, 6.07) is 21.3. The first-order chi connectivity index (χ1) is 18.4. The molecule has 4 aromatic rings. The van der Waals surface area contributed by atoms with Crippen LogP contribution in [0.25, 0.3) is 11.1 Å². The molecule has 0 aliphatic carbocycles. The molecule has 1 aromatic heterocycles. The normalized spacial score (nSPS) is 15.4. The van der Waals surface area contributed by atoms with Crippen LogP contribution in [0.1, 0.15) is 34.0 Å². The van der Waals surface area contributed by atoms with Crippen molar-refractivity contribution in [3.63, 3.8) is 0 Å². The number of ether oxygens (including phenoxy) is 2. The summed E-state index contributed by atoms with van der Waals surface area (Å²) in [6.07, 6.45) is 0. The number of nitrogens with one attached hydrogen (secondary N) is 1. The molecule has 0 radical (unpaired) electrons. The van der Waals surface area contributed by atoms with Crippen LogP contribution in [-0.4, -0.2) is 46.3 Å². The van der Waals surface area contributed by atoms with Crippen LogP contribution in [-0.2, 0) is 17.9 Å². The van der Waals surface area contributed by atoms with Crippen molar-refractivity contribution in [2.75, 3.05) is 19.8 Å². The van der Waals surface area contributed by atoms with Gasteiger partial charge in [0.05, 0.1) is 25.8 Å². The lowest BCUT2D eigenvalue weighted by Gasteiger charge is -2.33. The summed E-state index contributed by atoms with van der Waals surface area (Å²) in [7, 11) is 0. The van der Waals surface area contributed by atoms with Gasteiger partial charge in [-0.05, 0) is 72.0 Å². The monoisotopic (exact) mass is 515 g/mol. The van der Waals surface area contributed by atoms with E-state index < -0.39 is 11.4 Å². The first-order valence-corrected chi connectivity index (χ1v) is 12.5. The van der Waals surface area contributed by atoms with E-state index in [-0.39, 0.29) is 18.5 Å². The zero-order chi connectivity index (χ0) is 26.6. The standard InChI is InChI=1S/C29H29N3O6/c1-19-14-24(27(33)31-12-13-36-17-20(31)2)8-11-26(19)23-5-3-4-22(15-23)18-37-25-9-6-21(7-10-25)16-32-28(34)30-29(35)38-32/h3-11,14-15,20H,12-13,16-18H2,1-2H3,(H,30,34,35)/t20-/m0/s1. The molecule has 9 heteroatoms. The molecule has 0 saturated carbocycles. The number of aryl methyl sites for hydroxylation is 1. The quantitative estimate of drug-likeness (QED) is 0.403. The number of carbonyl (C=O) groups is 1. The highest BCUT2D eigenvalue weighted by atomic mass is 16.5. The molecule has 5 rings (SSSR count). The number of aromatic amines is 1. The summed E-state index contributed by atoms with van der Waals surface area (Å²) < 4.78 is 17.2. The third-order valence-corrected chi connectivity index (χ3v) is 6.62. The van der Waals surface area contributed by atoms with E-state index >= 15 is 0 Å². The molecule has 1 aliphatic rings. The Balaban J connectivity index is 1.24. The number of hydrogen-bond donors (Lipinski definition) is 1. The number of benzene rings is 3. The van der Waals surface area contributed by atoms with Gasteiger partial charge in [0.1, 0.15) is 12.4 Å². The van der Waals surface area contributed by atoms with E-state index in [1.165, 1.54) is 0 Å². The summed E-state index contributed by atoms with van der Waals surface area (Å²) in [5, 5.41) is 0. The number of H-pyrrole nitrogens is 1. The van der Waals surface area contributed by atoms with E-state index in [9.17, 15) is 14.4 Å². The molecule has 0 spiro atoms. The van der Waals surface area contributed by atoms with Crippen LogP contribution >= 0.6 is 0 Å². The van der Waals surface area contributed by atoms with Gasteiger partial charge in [-0.3, -0.25) is 4.79 Å². The Morgan fingerprint density at radius 2 is 1.87 bits per heavy atom. The van der Waals surface area contributed by atoms with E-state index in [0.29, 0.717) is 37.7 Å². The summed E-state index contributed by atoms with van der Waals surface area (Å²) >= 11 is 0. The second kappa shape index (κ2) is 10.9. The first kappa shape index (κ1) is 25.3. The Labute approximate surface area is 219 Å². The average molecular weight is 516 g/mol. The van der Waals surface area contributed by atoms with Crippen LogP contribution in [0.4, 0.5) is 0 Å². The fourth-order valence-corrected chi connectivity index (χ4v) is 4.59. The third kappa shape index (κ3) is 5.63. The van der Waals surface area contributed by atoms with Crippen molar-refractivity contribution in [2.24, 2.45) is 0 Å². The maximum atomic E-state index is 13.0. The molecule has 1 amide bonds. The molecule has 1 N–H and O–H groups in total. The number of rotatable bonds is 7. The molecule has 2 heterocycles. The first-order valence-electron chi connectivity index (χ1n) is 12.5. The Morgan fingerprint density at radius 3 is 2.58 bits per heavy atom. The van der Waals surface area contributed by atoms with Crippen molar-refractivity contribution in [2.45, 2.75) is 33.0 Å². The van der Waals surface area contributed by atoms with E-state index in [4.69, 9.17) is 14.0 Å². The highest BCUT2D eigenvalue weighted by Gasteiger charge is 2.25. The van der Waals surface area contributed by atoms with Crippen molar-refractivity contribution >= 4 is 5.91 Å². The van der Waals surface area contributed by atoms with Gasteiger partial charge in [-0.2, -0.15) is 0 Å².